The Balaban J connectivity index is 1.55. The molecule has 4 heterocycles. The van der Waals surface area contributed by atoms with Crippen molar-refractivity contribution in [1.82, 2.24) is 24.9 Å². The minimum Gasteiger partial charge on any atom is -0.485 e. The number of nitrogens with one attached hydrogen (secondary N) is 1. The molecule has 1 N–H and O–H groups in total. The van der Waals surface area contributed by atoms with Crippen molar-refractivity contribution in [3.05, 3.63) is 51.9 Å². The van der Waals surface area contributed by atoms with Gasteiger partial charge in [-0.05, 0) is 69.7 Å². The zero-order valence-corrected chi connectivity index (χ0v) is 20.7. The van der Waals surface area contributed by atoms with Gasteiger partial charge < -0.3 is 10.1 Å². The van der Waals surface area contributed by atoms with Gasteiger partial charge in [0.15, 0.2) is 11.5 Å². The number of fused-ring (bicyclic) bond motifs is 5. The third-order valence-electron chi connectivity index (χ3n) is 6.16. The van der Waals surface area contributed by atoms with Crippen LogP contribution < -0.4 is 10.1 Å². The average molecular weight is 450 g/mol. The lowest BCUT2D eigenvalue weighted by Crippen LogP contribution is -2.54. The van der Waals surface area contributed by atoms with Crippen molar-refractivity contribution >= 4 is 27.2 Å². The molecule has 168 valence electrons. The van der Waals surface area contributed by atoms with Gasteiger partial charge in [0.2, 0.25) is 0 Å². The van der Waals surface area contributed by atoms with Crippen LogP contribution in [0.2, 0.25) is 0 Å². The van der Waals surface area contributed by atoms with Crippen molar-refractivity contribution in [2.75, 3.05) is 0 Å². The van der Waals surface area contributed by atoms with Gasteiger partial charge in [-0.1, -0.05) is 26.0 Å². The van der Waals surface area contributed by atoms with E-state index >= 15 is 0 Å². The fourth-order valence-corrected chi connectivity index (χ4v) is 6.22. The summed E-state index contributed by atoms with van der Waals surface area (Å²) in [4.78, 5) is 12.0. The summed E-state index contributed by atoms with van der Waals surface area (Å²) in [6, 6.07) is 6.37. The van der Waals surface area contributed by atoms with Crippen LogP contribution >= 0.6 is 11.3 Å². The summed E-state index contributed by atoms with van der Waals surface area (Å²) in [5.41, 5.74) is 4.49. The number of benzene rings is 1. The predicted molar refractivity (Wildman–Crippen MR) is 130 cm³/mol. The van der Waals surface area contributed by atoms with E-state index in [-0.39, 0.29) is 11.1 Å². The molecular weight excluding hydrogens is 418 g/mol. The fraction of sp³-hybridized carbons (Fsp3) is 0.480. The highest BCUT2D eigenvalue weighted by Crippen LogP contribution is 2.44. The van der Waals surface area contributed by atoms with E-state index in [9.17, 15) is 0 Å². The van der Waals surface area contributed by atoms with Crippen molar-refractivity contribution in [3.8, 4) is 5.75 Å². The Labute approximate surface area is 193 Å². The van der Waals surface area contributed by atoms with Crippen molar-refractivity contribution in [2.24, 2.45) is 0 Å². The SMILES string of the molecule is Cc1ccc(C(C)C)c(OCc2nc3c4c5c(sc4ncn3n2)C(C)(C)NC(C)(C)C5)c1. The Morgan fingerprint density at radius 3 is 2.75 bits per heavy atom. The largest absolute Gasteiger partial charge is 0.485 e. The highest BCUT2D eigenvalue weighted by Gasteiger charge is 2.39. The number of thiophene rings is 1. The van der Waals surface area contributed by atoms with Gasteiger partial charge in [-0.25, -0.2) is 14.5 Å². The van der Waals surface area contributed by atoms with Gasteiger partial charge >= 0.3 is 0 Å². The molecule has 4 aromatic rings. The highest BCUT2D eigenvalue weighted by molar-refractivity contribution is 7.19. The summed E-state index contributed by atoms with van der Waals surface area (Å²) in [6.07, 6.45) is 2.71. The molecule has 1 aliphatic heterocycles. The van der Waals surface area contributed by atoms with Crippen molar-refractivity contribution in [2.45, 2.75) is 78.5 Å². The number of hydrogen-bond acceptors (Lipinski definition) is 6. The van der Waals surface area contributed by atoms with Crippen LogP contribution in [0.15, 0.2) is 24.5 Å². The molecular formula is C25H31N5OS. The Morgan fingerprint density at radius 2 is 2.00 bits per heavy atom. The first kappa shape index (κ1) is 21.3. The van der Waals surface area contributed by atoms with Crippen LogP contribution in [0.3, 0.4) is 0 Å². The lowest BCUT2D eigenvalue weighted by molar-refractivity contribution is 0.248. The number of aromatic nitrogens is 4. The van der Waals surface area contributed by atoms with Gasteiger partial charge in [0.25, 0.3) is 0 Å². The van der Waals surface area contributed by atoms with E-state index in [1.165, 1.54) is 21.6 Å². The highest BCUT2D eigenvalue weighted by atomic mass is 32.1. The molecule has 0 saturated heterocycles. The molecule has 0 radical (unpaired) electrons. The van der Waals surface area contributed by atoms with Crippen molar-refractivity contribution in [1.29, 1.82) is 0 Å². The zero-order valence-electron chi connectivity index (χ0n) is 19.9. The average Bonchev–Trinajstić information content (AvgIpc) is 3.26. The van der Waals surface area contributed by atoms with Gasteiger partial charge in [-0.2, -0.15) is 0 Å². The van der Waals surface area contributed by atoms with Gasteiger partial charge in [0.1, 0.15) is 23.5 Å². The molecule has 0 fully saturated rings. The number of hydrogen-bond donors (Lipinski definition) is 1. The van der Waals surface area contributed by atoms with Crippen LogP contribution in [0.5, 0.6) is 5.75 Å². The minimum absolute atomic E-state index is 0.00170. The first-order chi connectivity index (χ1) is 15.0. The molecule has 0 unspecified atom stereocenters. The second-order valence-electron chi connectivity index (χ2n) is 10.4. The normalized spacial score (nSPS) is 17.2. The quantitative estimate of drug-likeness (QED) is 0.445. The third-order valence-corrected chi connectivity index (χ3v) is 7.62. The predicted octanol–water partition coefficient (Wildman–Crippen LogP) is 5.51. The van der Waals surface area contributed by atoms with Gasteiger partial charge in [-0.3, -0.25) is 0 Å². The first-order valence-electron chi connectivity index (χ1n) is 11.2. The molecule has 0 saturated carbocycles. The van der Waals surface area contributed by atoms with E-state index in [1.54, 1.807) is 22.2 Å². The van der Waals surface area contributed by atoms with Crippen LogP contribution in [0.4, 0.5) is 0 Å². The van der Waals surface area contributed by atoms with Gasteiger partial charge in [-0.15, -0.1) is 16.4 Å². The summed E-state index contributed by atoms with van der Waals surface area (Å²) in [5.74, 6) is 1.97. The molecule has 0 amide bonds. The van der Waals surface area contributed by atoms with Crippen molar-refractivity contribution in [3.63, 3.8) is 0 Å². The molecule has 0 aliphatic carbocycles. The molecule has 0 spiro atoms. The van der Waals surface area contributed by atoms with E-state index in [4.69, 9.17) is 14.7 Å². The zero-order chi connectivity index (χ0) is 22.8. The second-order valence-corrected chi connectivity index (χ2v) is 11.4. The maximum absolute atomic E-state index is 6.20. The summed E-state index contributed by atoms with van der Waals surface area (Å²) in [5, 5.41) is 9.59. The third kappa shape index (κ3) is 3.57. The molecule has 0 atom stereocenters. The van der Waals surface area contributed by atoms with Crippen molar-refractivity contribution < 1.29 is 4.74 Å². The molecule has 32 heavy (non-hydrogen) atoms. The van der Waals surface area contributed by atoms with E-state index < -0.39 is 0 Å². The fourth-order valence-electron chi connectivity index (χ4n) is 5.01. The van der Waals surface area contributed by atoms with Crippen LogP contribution in [-0.2, 0) is 18.6 Å². The standard InChI is InChI=1S/C25H31N5OS/c1-14(2)16-9-8-15(3)10-18(16)31-12-19-27-22-20-17-11-24(4,5)29-25(6,7)21(17)32-23(20)26-13-30(22)28-19/h8-10,13-14,29H,11-12H2,1-7H3. The lowest BCUT2D eigenvalue weighted by Gasteiger charge is -2.42. The van der Waals surface area contributed by atoms with Crippen LogP contribution in [-0.4, -0.2) is 25.1 Å². The van der Waals surface area contributed by atoms with Crippen LogP contribution in [0.1, 0.15) is 74.9 Å². The molecule has 6 nitrogen and oxygen atoms in total. The summed E-state index contributed by atoms with van der Waals surface area (Å²) in [7, 11) is 0. The van der Waals surface area contributed by atoms with E-state index in [2.05, 4.69) is 77.1 Å². The monoisotopic (exact) mass is 449 g/mol. The second kappa shape index (κ2) is 7.25. The molecule has 0 bridgehead atoms. The Kier molecular flexibility index (Phi) is 4.84. The van der Waals surface area contributed by atoms with E-state index in [1.807, 2.05) is 0 Å². The van der Waals surface area contributed by atoms with Gasteiger partial charge in [0, 0.05) is 16.0 Å². The van der Waals surface area contributed by atoms with E-state index in [0.29, 0.717) is 18.3 Å². The minimum atomic E-state index is -0.107. The van der Waals surface area contributed by atoms with Crippen LogP contribution in [0.25, 0.3) is 15.9 Å². The molecule has 7 heteroatoms. The molecule has 1 aromatic carbocycles. The smallest absolute Gasteiger partial charge is 0.189 e. The molecule has 1 aliphatic rings. The number of rotatable bonds is 4. The van der Waals surface area contributed by atoms with Gasteiger partial charge in [0.05, 0.1) is 5.39 Å². The number of ether oxygens (including phenoxy) is 1. The Hall–Kier alpha value is -2.51. The maximum Gasteiger partial charge on any atom is 0.189 e. The lowest BCUT2D eigenvalue weighted by atomic mass is 9.82. The number of aryl methyl sites for hydroxylation is 1. The first-order valence-corrected chi connectivity index (χ1v) is 12.0. The summed E-state index contributed by atoms with van der Waals surface area (Å²) < 4.78 is 8.00. The van der Waals surface area contributed by atoms with E-state index in [0.717, 1.165) is 28.0 Å². The summed E-state index contributed by atoms with van der Waals surface area (Å²) >= 11 is 1.76. The van der Waals surface area contributed by atoms with Crippen LogP contribution in [0, 0.1) is 6.92 Å². The topological polar surface area (TPSA) is 64.3 Å². The summed E-state index contributed by atoms with van der Waals surface area (Å²) in [6.45, 7) is 15.8. The number of nitrogens with zero attached hydrogens (tertiary/aromatic N) is 4. The maximum atomic E-state index is 6.20. The molecule has 5 rings (SSSR count). The Morgan fingerprint density at radius 1 is 1.22 bits per heavy atom. The molecule has 3 aromatic heterocycles. The Bertz CT molecular complexity index is 1330.